The molecule has 0 saturated carbocycles. The molecule has 24 heavy (non-hydrogen) atoms. The molecule has 4 nitrogen and oxygen atoms in total. The molecule has 0 radical (unpaired) electrons. The van der Waals surface area contributed by atoms with Crippen LogP contribution < -0.4 is 5.73 Å². The first-order valence-corrected chi connectivity index (χ1v) is 8.17. The second kappa shape index (κ2) is 5.65. The van der Waals surface area contributed by atoms with Crippen LogP contribution in [-0.4, -0.2) is 15.0 Å². The maximum absolute atomic E-state index is 13.6. The molecular formula is C18H13FN4S. The van der Waals surface area contributed by atoms with Gasteiger partial charge in [-0.2, -0.15) is 4.39 Å². The Morgan fingerprint density at radius 1 is 1.08 bits per heavy atom. The Balaban J connectivity index is 1.94. The molecule has 2 N–H and O–H groups in total. The Morgan fingerprint density at radius 3 is 2.79 bits per heavy atom. The van der Waals surface area contributed by atoms with Gasteiger partial charge in [0.15, 0.2) is 0 Å². The number of pyridine rings is 1. The van der Waals surface area contributed by atoms with E-state index in [0.717, 1.165) is 37.3 Å². The summed E-state index contributed by atoms with van der Waals surface area (Å²) in [6.45, 7) is 1.93. The molecule has 0 atom stereocenters. The van der Waals surface area contributed by atoms with Gasteiger partial charge in [0.05, 0.1) is 10.6 Å². The van der Waals surface area contributed by atoms with Crippen molar-refractivity contribution in [3.8, 4) is 21.7 Å². The number of thiophene rings is 1. The topological polar surface area (TPSA) is 64.7 Å². The highest BCUT2D eigenvalue weighted by Gasteiger charge is 2.13. The van der Waals surface area contributed by atoms with E-state index >= 15 is 0 Å². The number of anilines is 1. The first kappa shape index (κ1) is 14.7. The molecule has 0 bridgehead atoms. The molecule has 0 aliphatic rings. The van der Waals surface area contributed by atoms with Gasteiger partial charge in [-0.05, 0) is 41.1 Å². The monoisotopic (exact) mass is 336 g/mol. The van der Waals surface area contributed by atoms with E-state index in [1.54, 1.807) is 23.7 Å². The van der Waals surface area contributed by atoms with Gasteiger partial charge in [-0.3, -0.25) is 0 Å². The number of fused-ring (bicyclic) bond motifs is 1. The van der Waals surface area contributed by atoms with Crippen LogP contribution in [0.2, 0.25) is 0 Å². The van der Waals surface area contributed by atoms with Crippen LogP contribution in [-0.2, 0) is 0 Å². The summed E-state index contributed by atoms with van der Waals surface area (Å²) in [7, 11) is 0. The van der Waals surface area contributed by atoms with Crippen LogP contribution in [0.25, 0.3) is 31.8 Å². The van der Waals surface area contributed by atoms with Gasteiger partial charge in [0, 0.05) is 23.2 Å². The van der Waals surface area contributed by atoms with Crippen LogP contribution in [0, 0.1) is 12.9 Å². The normalized spacial score (nSPS) is 11.1. The van der Waals surface area contributed by atoms with Gasteiger partial charge < -0.3 is 5.73 Å². The second-order valence-electron chi connectivity index (χ2n) is 5.46. The molecule has 0 saturated heterocycles. The van der Waals surface area contributed by atoms with Crippen LogP contribution in [0.4, 0.5) is 10.3 Å². The Labute approximate surface area is 141 Å². The second-order valence-corrected chi connectivity index (χ2v) is 6.51. The standard InChI is InChI=1S/C18H13FN4S/c1-10-9-22-16(19)8-13(10)12-4-2-3-11-7-15(24-17(11)12)14-5-6-21-18(20)23-14/h2-9H,1H3,(H2,20,21,23). The molecular weight excluding hydrogens is 323 g/mol. The fourth-order valence-electron chi connectivity index (χ4n) is 2.70. The summed E-state index contributed by atoms with van der Waals surface area (Å²) in [6.07, 6.45) is 3.20. The van der Waals surface area contributed by atoms with Crippen molar-refractivity contribution in [3.63, 3.8) is 0 Å². The third kappa shape index (κ3) is 2.51. The van der Waals surface area contributed by atoms with Gasteiger partial charge in [0.25, 0.3) is 0 Å². The van der Waals surface area contributed by atoms with E-state index < -0.39 is 5.95 Å². The highest BCUT2D eigenvalue weighted by Crippen LogP contribution is 2.39. The number of benzene rings is 1. The van der Waals surface area contributed by atoms with Crippen LogP contribution >= 0.6 is 11.3 Å². The number of nitrogens with zero attached hydrogens (tertiary/aromatic N) is 3. The van der Waals surface area contributed by atoms with Crippen LogP contribution in [0.3, 0.4) is 0 Å². The van der Waals surface area contributed by atoms with Gasteiger partial charge in [-0.25, -0.2) is 15.0 Å². The molecule has 0 fully saturated rings. The molecule has 118 valence electrons. The third-order valence-corrected chi connectivity index (χ3v) is 5.04. The SMILES string of the molecule is Cc1cnc(F)cc1-c1cccc2cc(-c3ccnc(N)n3)sc12. The minimum Gasteiger partial charge on any atom is -0.368 e. The zero-order valence-corrected chi connectivity index (χ0v) is 13.6. The van der Waals surface area contributed by atoms with Crippen molar-refractivity contribution >= 4 is 27.4 Å². The number of nitrogen functional groups attached to an aromatic ring is 1. The van der Waals surface area contributed by atoms with Crippen LogP contribution in [0.5, 0.6) is 0 Å². The molecule has 0 aliphatic heterocycles. The minimum atomic E-state index is -0.479. The fraction of sp³-hybridized carbons (Fsp3) is 0.0556. The molecule has 6 heteroatoms. The zero-order valence-electron chi connectivity index (χ0n) is 12.8. The van der Waals surface area contributed by atoms with Crippen molar-refractivity contribution in [2.45, 2.75) is 6.92 Å². The molecule has 0 amide bonds. The summed E-state index contributed by atoms with van der Waals surface area (Å²) in [5, 5.41) is 1.08. The van der Waals surface area contributed by atoms with Crippen molar-refractivity contribution in [2.75, 3.05) is 5.73 Å². The molecule has 4 aromatic rings. The molecule has 1 aromatic carbocycles. The number of hydrogen-bond donors (Lipinski definition) is 1. The summed E-state index contributed by atoms with van der Waals surface area (Å²) in [4.78, 5) is 12.9. The first-order chi connectivity index (χ1) is 11.6. The summed E-state index contributed by atoms with van der Waals surface area (Å²) in [6, 6.07) is 11.4. The van der Waals surface area contributed by atoms with Gasteiger partial charge in [0.2, 0.25) is 11.9 Å². The lowest BCUT2D eigenvalue weighted by Crippen LogP contribution is -1.93. The molecule has 0 unspecified atom stereocenters. The largest absolute Gasteiger partial charge is 0.368 e. The van der Waals surface area contributed by atoms with Gasteiger partial charge >= 0.3 is 0 Å². The number of aryl methyl sites for hydroxylation is 1. The number of nitrogens with two attached hydrogens (primary N) is 1. The Bertz CT molecular complexity index is 1060. The van der Waals surface area contributed by atoms with E-state index in [2.05, 4.69) is 21.0 Å². The Morgan fingerprint density at radius 2 is 1.96 bits per heavy atom. The quantitative estimate of drug-likeness (QED) is 0.549. The van der Waals surface area contributed by atoms with Crippen molar-refractivity contribution in [3.05, 3.63) is 60.3 Å². The molecule has 4 rings (SSSR count). The van der Waals surface area contributed by atoms with Crippen molar-refractivity contribution in [1.29, 1.82) is 0 Å². The van der Waals surface area contributed by atoms with E-state index in [4.69, 9.17) is 5.73 Å². The summed E-state index contributed by atoms with van der Waals surface area (Å²) in [5.41, 5.74) is 9.24. The predicted molar refractivity (Wildman–Crippen MR) is 95.2 cm³/mol. The number of aromatic nitrogens is 3. The van der Waals surface area contributed by atoms with Gasteiger partial charge in [-0.15, -0.1) is 11.3 Å². The maximum Gasteiger partial charge on any atom is 0.220 e. The van der Waals surface area contributed by atoms with Crippen LogP contribution in [0.15, 0.2) is 48.8 Å². The lowest BCUT2D eigenvalue weighted by atomic mass is 10.0. The third-order valence-electron chi connectivity index (χ3n) is 3.83. The van der Waals surface area contributed by atoms with E-state index in [0.29, 0.717) is 0 Å². The summed E-state index contributed by atoms with van der Waals surface area (Å²) >= 11 is 1.61. The molecule has 3 heterocycles. The number of hydrogen-bond acceptors (Lipinski definition) is 5. The van der Waals surface area contributed by atoms with Crippen molar-refractivity contribution < 1.29 is 4.39 Å². The van der Waals surface area contributed by atoms with Crippen LogP contribution in [0.1, 0.15) is 5.56 Å². The van der Waals surface area contributed by atoms with Gasteiger partial charge in [-0.1, -0.05) is 18.2 Å². The lowest BCUT2D eigenvalue weighted by Gasteiger charge is -2.07. The van der Waals surface area contributed by atoms with E-state index in [1.165, 1.54) is 6.07 Å². The molecule has 0 aliphatic carbocycles. The highest BCUT2D eigenvalue weighted by atomic mass is 32.1. The summed E-state index contributed by atoms with van der Waals surface area (Å²) < 4.78 is 14.7. The van der Waals surface area contributed by atoms with E-state index in [9.17, 15) is 4.39 Å². The predicted octanol–water partition coefficient (Wildman–Crippen LogP) is 4.45. The average molecular weight is 336 g/mol. The van der Waals surface area contributed by atoms with E-state index in [1.807, 2.05) is 31.2 Å². The summed E-state index contributed by atoms with van der Waals surface area (Å²) in [5.74, 6) is -0.231. The fourth-order valence-corrected chi connectivity index (χ4v) is 3.86. The number of halogens is 1. The average Bonchev–Trinajstić information content (AvgIpc) is 3.01. The Kier molecular flexibility index (Phi) is 3.46. The zero-order chi connectivity index (χ0) is 16.7. The lowest BCUT2D eigenvalue weighted by molar-refractivity contribution is 0.583. The smallest absolute Gasteiger partial charge is 0.220 e. The minimum absolute atomic E-state index is 0.247. The van der Waals surface area contributed by atoms with Gasteiger partial charge in [0.1, 0.15) is 0 Å². The highest BCUT2D eigenvalue weighted by molar-refractivity contribution is 7.22. The molecule has 3 aromatic heterocycles. The van der Waals surface area contributed by atoms with Crippen molar-refractivity contribution in [1.82, 2.24) is 15.0 Å². The maximum atomic E-state index is 13.6. The first-order valence-electron chi connectivity index (χ1n) is 7.36. The Hall–Kier alpha value is -2.86. The van der Waals surface area contributed by atoms with Crippen molar-refractivity contribution in [2.24, 2.45) is 0 Å². The number of rotatable bonds is 2. The molecule has 0 spiro atoms. The van der Waals surface area contributed by atoms with E-state index in [-0.39, 0.29) is 5.95 Å².